The quantitative estimate of drug-likeness (QED) is 0.718. The van der Waals surface area contributed by atoms with Crippen LogP contribution in [-0.4, -0.2) is 41.2 Å². The van der Waals surface area contributed by atoms with Gasteiger partial charge in [0.05, 0.1) is 12.2 Å². The minimum Gasteiger partial charge on any atom is -0.350 e. The number of carbonyl (C=O) groups is 2. The lowest BCUT2D eigenvalue weighted by molar-refractivity contribution is -0.121. The normalized spacial score (nSPS) is 15.5. The van der Waals surface area contributed by atoms with Crippen LogP contribution in [0.4, 0.5) is 5.69 Å². The monoisotopic (exact) mass is 453 g/mol. The summed E-state index contributed by atoms with van der Waals surface area (Å²) in [5.41, 5.74) is 4.60. The fourth-order valence-corrected chi connectivity index (χ4v) is 4.34. The molecule has 0 bridgehead atoms. The molecule has 33 heavy (non-hydrogen) atoms. The van der Waals surface area contributed by atoms with E-state index in [1.807, 2.05) is 61.5 Å². The molecule has 2 heterocycles. The van der Waals surface area contributed by atoms with E-state index >= 15 is 0 Å². The van der Waals surface area contributed by atoms with Crippen LogP contribution in [0.25, 0.3) is 0 Å². The molecule has 1 aliphatic heterocycles. The van der Waals surface area contributed by atoms with Gasteiger partial charge in [-0.2, -0.15) is 5.10 Å². The first kappa shape index (κ1) is 25.0. The maximum atomic E-state index is 13.0. The molecular weight excluding hydrogens is 414 g/mol. The van der Waals surface area contributed by atoms with E-state index in [1.54, 1.807) is 0 Å². The Morgan fingerprint density at radius 3 is 2.58 bits per heavy atom. The van der Waals surface area contributed by atoms with Crippen LogP contribution in [0.3, 0.4) is 0 Å². The van der Waals surface area contributed by atoms with Crippen LogP contribution in [0.15, 0.2) is 24.3 Å². The van der Waals surface area contributed by atoms with Crippen LogP contribution in [0.2, 0.25) is 0 Å². The highest BCUT2D eigenvalue weighted by molar-refractivity contribution is 5.98. The van der Waals surface area contributed by atoms with Gasteiger partial charge in [0.25, 0.3) is 5.91 Å². The number of fused-ring (bicyclic) bond motifs is 1. The highest BCUT2D eigenvalue weighted by Crippen LogP contribution is 2.25. The second-order valence-electron chi connectivity index (χ2n) is 9.34. The van der Waals surface area contributed by atoms with E-state index in [4.69, 9.17) is 0 Å². The first-order valence-corrected chi connectivity index (χ1v) is 12.3. The summed E-state index contributed by atoms with van der Waals surface area (Å²) in [4.78, 5) is 27.8. The third-order valence-corrected chi connectivity index (χ3v) is 6.16. The van der Waals surface area contributed by atoms with Gasteiger partial charge in [0, 0.05) is 42.5 Å². The summed E-state index contributed by atoms with van der Waals surface area (Å²) in [5, 5.41) is 11.0. The van der Waals surface area contributed by atoms with E-state index in [2.05, 4.69) is 15.7 Å². The van der Waals surface area contributed by atoms with Crippen molar-refractivity contribution in [3.63, 3.8) is 0 Å². The summed E-state index contributed by atoms with van der Waals surface area (Å²) in [6.07, 6.45) is 5.69. The summed E-state index contributed by atoms with van der Waals surface area (Å²) < 4.78 is 1.91. The largest absolute Gasteiger partial charge is 0.350 e. The molecule has 0 aliphatic carbocycles. The molecule has 0 fully saturated rings. The van der Waals surface area contributed by atoms with Gasteiger partial charge in [0.2, 0.25) is 5.91 Å². The van der Waals surface area contributed by atoms with Crippen molar-refractivity contribution in [1.29, 1.82) is 0 Å². The highest BCUT2D eigenvalue weighted by Gasteiger charge is 2.22. The molecular formula is C26H39N5O2. The zero-order chi connectivity index (χ0) is 23.8. The van der Waals surface area contributed by atoms with Gasteiger partial charge < -0.3 is 15.5 Å². The lowest BCUT2D eigenvalue weighted by Gasteiger charge is -2.28. The molecule has 1 aromatic carbocycles. The van der Waals surface area contributed by atoms with Crippen molar-refractivity contribution in [2.75, 3.05) is 24.5 Å². The van der Waals surface area contributed by atoms with Gasteiger partial charge in [-0.15, -0.1) is 0 Å². The van der Waals surface area contributed by atoms with Gasteiger partial charge in [-0.1, -0.05) is 33.1 Å². The Labute approximate surface area is 197 Å². The maximum absolute atomic E-state index is 13.0. The summed E-state index contributed by atoms with van der Waals surface area (Å²) >= 11 is 0. The zero-order valence-corrected chi connectivity index (χ0v) is 20.6. The summed E-state index contributed by atoms with van der Waals surface area (Å²) in [6, 6.07) is 7.75. The predicted molar refractivity (Wildman–Crippen MR) is 132 cm³/mol. The number of rotatable bonds is 5. The smallest absolute Gasteiger partial charge is 0.251 e. The average Bonchev–Trinajstić information content (AvgIpc) is 3.10. The molecule has 0 atom stereocenters. The molecule has 3 rings (SSSR count). The molecule has 180 valence electrons. The lowest BCUT2D eigenvalue weighted by atomic mass is 10.0. The van der Waals surface area contributed by atoms with Crippen LogP contribution in [0.5, 0.6) is 0 Å². The van der Waals surface area contributed by atoms with E-state index < -0.39 is 0 Å². The number of amides is 2. The van der Waals surface area contributed by atoms with Crippen LogP contribution in [-0.2, 0) is 17.9 Å². The van der Waals surface area contributed by atoms with Gasteiger partial charge in [0.15, 0.2) is 0 Å². The fraction of sp³-hybridized carbons (Fsp3) is 0.577. The van der Waals surface area contributed by atoms with Crippen LogP contribution in [0.1, 0.15) is 73.3 Å². The molecule has 0 saturated carbocycles. The number of aryl methyl sites for hydroxylation is 2. The van der Waals surface area contributed by atoms with E-state index in [-0.39, 0.29) is 17.7 Å². The van der Waals surface area contributed by atoms with Crippen molar-refractivity contribution in [2.24, 2.45) is 5.92 Å². The number of nitrogens with one attached hydrogen (secondary N) is 2. The van der Waals surface area contributed by atoms with Crippen molar-refractivity contribution in [3.8, 4) is 0 Å². The Kier molecular flexibility index (Phi) is 9.06. The first-order chi connectivity index (χ1) is 15.9. The van der Waals surface area contributed by atoms with E-state index in [9.17, 15) is 9.59 Å². The van der Waals surface area contributed by atoms with Crippen LogP contribution < -0.4 is 15.5 Å². The molecule has 0 saturated heterocycles. The van der Waals surface area contributed by atoms with E-state index in [0.29, 0.717) is 25.2 Å². The van der Waals surface area contributed by atoms with Crippen molar-refractivity contribution >= 4 is 17.5 Å². The molecule has 2 aromatic rings. The minimum absolute atomic E-state index is 0.0731. The summed E-state index contributed by atoms with van der Waals surface area (Å²) in [5.74, 6) is -0.0429. The summed E-state index contributed by atoms with van der Waals surface area (Å²) in [6.45, 7) is 11.3. The molecule has 1 aromatic heterocycles. The van der Waals surface area contributed by atoms with Crippen molar-refractivity contribution in [1.82, 2.24) is 20.4 Å². The molecule has 2 N–H and O–H groups in total. The van der Waals surface area contributed by atoms with Gasteiger partial charge in [-0.25, -0.2) is 0 Å². The number of anilines is 1. The molecule has 0 unspecified atom stereocenters. The Morgan fingerprint density at radius 2 is 1.85 bits per heavy atom. The van der Waals surface area contributed by atoms with Crippen molar-refractivity contribution in [2.45, 2.75) is 72.9 Å². The zero-order valence-electron chi connectivity index (χ0n) is 20.6. The second-order valence-corrected chi connectivity index (χ2v) is 9.34. The van der Waals surface area contributed by atoms with Crippen molar-refractivity contribution < 1.29 is 9.59 Å². The third-order valence-electron chi connectivity index (χ3n) is 6.16. The molecule has 0 spiro atoms. The Hall–Kier alpha value is -2.67. The number of carbonyl (C=O) groups excluding carboxylic acids is 2. The van der Waals surface area contributed by atoms with Crippen LogP contribution >= 0.6 is 0 Å². The molecule has 0 radical (unpaired) electrons. The van der Waals surface area contributed by atoms with Gasteiger partial charge in [-0.3, -0.25) is 14.3 Å². The fourth-order valence-electron chi connectivity index (χ4n) is 4.34. The standard InChI is InChI=1S/C26H39N5O2/c1-19(2)26(33)30-14-9-7-5-6-8-12-27-18-23-17-22(10-11-24(23)30)25(32)28-13-15-31-21(4)16-20(3)29-31/h10-11,16-17,19,27H,5-9,12-15,18H2,1-4H3,(H,28,32). The number of hydrogen-bond acceptors (Lipinski definition) is 4. The average molecular weight is 454 g/mol. The van der Waals surface area contributed by atoms with E-state index in [1.165, 1.54) is 12.8 Å². The molecule has 7 nitrogen and oxygen atoms in total. The van der Waals surface area contributed by atoms with E-state index in [0.717, 1.165) is 55.0 Å². The second kappa shape index (κ2) is 12.0. The van der Waals surface area contributed by atoms with Crippen molar-refractivity contribution in [3.05, 3.63) is 46.8 Å². The third kappa shape index (κ3) is 6.90. The predicted octanol–water partition coefficient (Wildman–Crippen LogP) is 3.97. The molecule has 7 heteroatoms. The molecule has 2 amide bonds. The minimum atomic E-state index is -0.104. The highest BCUT2D eigenvalue weighted by atomic mass is 16.2. The maximum Gasteiger partial charge on any atom is 0.251 e. The SMILES string of the molecule is Cc1cc(C)n(CCNC(=O)c2ccc3c(c2)CNCCCCCCCN3C(=O)C(C)C)n1. The van der Waals surface area contributed by atoms with Crippen LogP contribution in [0, 0.1) is 19.8 Å². The topological polar surface area (TPSA) is 79.3 Å². The van der Waals surface area contributed by atoms with Gasteiger partial charge in [0.1, 0.15) is 0 Å². The van der Waals surface area contributed by atoms with Gasteiger partial charge in [-0.05, 0) is 63.1 Å². The first-order valence-electron chi connectivity index (χ1n) is 12.3. The Balaban J connectivity index is 1.77. The lowest BCUT2D eigenvalue weighted by Crippen LogP contribution is -2.36. The number of aromatic nitrogens is 2. The molecule has 1 aliphatic rings. The Bertz CT molecular complexity index is 950. The number of benzene rings is 1. The van der Waals surface area contributed by atoms with Gasteiger partial charge >= 0.3 is 0 Å². The number of nitrogens with zero attached hydrogens (tertiary/aromatic N) is 3. The summed E-state index contributed by atoms with van der Waals surface area (Å²) in [7, 11) is 0. The number of hydrogen-bond donors (Lipinski definition) is 2. The Morgan fingerprint density at radius 1 is 1.09 bits per heavy atom.